The number of hydrogen-bond acceptors (Lipinski definition) is 5. The van der Waals surface area contributed by atoms with Gasteiger partial charge in [-0.3, -0.25) is 4.79 Å². The van der Waals surface area contributed by atoms with Crippen molar-refractivity contribution in [1.82, 2.24) is 10.2 Å². The average molecular weight is 391 g/mol. The maximum Gasteiger partial charge on any atom is 0.349 e. The smallest absolute Gasteiger partial charge is 0.349 e. The minimum atomic E-state index is -0.570. The Balaban J connectivity index is 0.00000180. The molecule has 4 heterocycles. The molecule has 3 fully saturated rings. The quantitative estimate of drug-likeness (QED) is 0.757. The van der Waals surface area contributed by atoms with Gasteiger partial charge < -0.3 is 19.4 Å². The highest BCUT2D eigenvalue weighted by molar-refractivity contribution is 5.96. The number of para-hydroxylation sites is 1. The van der Waals surface area contributed by atoms with Crippen LogP contribution in [0.25, 0.3) is 11.0 Å². The van der Waals surface area contributed by atoms with Crippen LogP contribution in [0.1, 0.15) is 36.0 Å². The van der Waals surface area contributed by atoms with Crippen LogP contribution in [0.2, 0.25) is 0 Å². The number of ether oxygens (including phenoxy) is 1. The summed E-state index contributed by atoms with van der Waals surface area (Å²) < 4.78 is 11.5. The molecular formula is C20H23ClN2O4. The molecule has 1 spiro atoms. The Kier molecular flexibility index (Phi) is 4.74. The largest absolute Gasteiger partial charge is 0.422 e. The number of amides is 1. The number of morpholine rings is 1. The molecule has 1 aromatic carbocycles. The van der Waals surface area contributed by atoms with Crippen molar-refractivity contribution in [3.05, 3.63) is 46.3 Å². The summed E-state index contributed by atoms with van der Waals surface area (Å²) >= 11 is 0. The molecule has 1 unspecified atom stereocenters. The molecule has 3 saturated heterocycles. The van der Waals surface area contributed by atoms with Crippen LogP contribution in [0, 0.1) is 0 Å². The van der Waals surface area contributed by atoms with E-state index in [1.165, 1.54) is 12.8 Å². The third-order valence-electron chi connectivity index (χ3n) is 5.98. The molecule has 2 bridgehead atoms. The third-order valence-corrected chi connectivity index (χ3v) is 5.98. The predicted molar refractivity (Wildman–Crippen MR) is 103 cm³/mol. The van der Waals surface area contributed by atoms with E-state index >= 15 is 0 Å². The number of fused-ring (bicyclic) bond motifs is 3. The Morgan fingerprint density at radius 3 is 2.70 bits per heavy atom. The van der Waals surface area contributed by atoms with E-state index in [2.05, 4.69) is 5.32 Å². The zero-order valence-electron chi connectivity index (χ0n) is 15.0. The lowest BCUT2D eigenvalue weighted by molar-refractivity contribution is -0.122. The van der Waals surface area contributed by atoms with E-state index < -0.39 is 5.63 Å². The summed E-state index contributed by atoms with van der Waals surface area (Å²) in [7, 11) is 0. The molecule has 6 nitrogen and oxygen atoms in total. The number of nitrogens with one attached hydrogen (secondary N) is 1. The summed E-state index contributed by atoms with van der Waals surface area (Å²) in [6, 6.07) is 9.87. The minimum absolute atomic E-state index is 0. The Bertz CT molecular complexity index is 916. The topological polar surface area (TPSA) is 71.8 Å². The highest BCUT2D eigenvalue weighted by atomic mass is 35.5. The van der Waals surface area contributed by atoms with Gasteiger partial charge in [0.25, 0.3) is 5.91 Å². The Morgan fingerprint density at radius 2 is 1.93 bits per heavy atom. The molecule has 3 atom stereocenters. The number of carbonyl (C=O) groups is 1. The maximum absolute atomic E-state index is 13.1. The van der Waals surface area contributed by atoms with Crippen LogP contribution in [-0.4, -0.2) is 48.2 Å². The molecule has 144 valence electrons. The van der Waals surface area contributed by atoms with E-state index in [1.807, 2.05) is 18.2 Å². The number of hydrogen-bond donors (Lipinski definition) is 1. The van der Waals surface area contributed by atoms with Gasteiger partial charge >= 0.3 is 5.63 Å². The lowest BCUT2D eigenvalue weighted by Gasteiger charge is -2.47. The van der Waals surface area contributed by atoms with Crippen molar-refractivity contribution in [3.63, 3.8) is 0 Å². The molecule has 27 heavy (non-hydrogen) atoms. The Labute approximate surface area is 163 Å². The second kappa shape index (κ2) is 6.93. The van der Waals surface area contributed by atoms with E-state index in [4.69, 9.17) is 9.15 Å². The van der Waals surface area contributed by atoms with Crippen LogP contribution in [0.15, 0.2) is 39.5 Å². The number of nitrogens with zero attached hydrogens (tertiary/aromatic N) is 1. The lowest BCUT2D eigenvalue weighted by Crippen LogP contribution is -2.60. The van der Waals surface area contributed by atoms with Crippen LogP contribution in [-0.2, 0) is 4.74 Å². The monoisotopic (exact) mass is 390 g/mol. The summed E-state index contributed by atoms with van der Waals surface area (Å²) in [5, 5.41) is 4.38. The molecule has 2 aromatic rings. The summed E-state index contributed by atoms with van der Waals surface area (Å²) in [5.41, 5.74) is -0.234. The van der Waals surface area contributed by atoms with Crippen molar-refractivity contribution < 1.29 is 13.9 Å². The summed E-state index contributed by atoms with van der Waals surface area (Å²) in [4.78, 5) is 27.2. The number of piperidine rings is 1. The zero-order chi connectivity index (χ0) is 17.7. The first-order valence-electron chi connectivity index (χ1n) is 9.34. The molecule has 0 radical (unpaired) electrons. The van der Waals surface area contributed by atoms with Crippen molar-refractivity contribution in [1.29, 1.82) is 0 Å². The molecule has 7 heteroatoms. The molecule has 1 aromatic heterocycles. The fourth-order valence-corrected chi connectivity index (χ4v) is 4.85. The van der Waals surface area contributed by atoms with Crippen molar-refractivity contribution in [3.8, 4) is 0 Å². The zero-order valence-corrected chi connectivity index (χ0v) is 15.8. The van der Waals surface area contributed by atoms with E-state index in [9.17, 15) is 9.59 Å². The molecule has 0 aliphatic carbocycles. The molecule has 5 rings (SSSR count). The van der Waals surface area contributed by atoms with Crippen molar-refractivity contribution >= 4 is 29.3 Å². The van der Waals surface area contributed by atoms with Crippen molar-refractivity contribution in [2.45, 2.75) is 43.4 Å². The molecular weight excluding hydrogens is 368 g/mol. The van der Waals surface area contributed by atoms with Gasteiger partial charge in [-0.25, -0.2) is 4.79 Å². The lowest BCUT2D eigenvalue weighted by atomic mass is 9.85. The normalized spacial score (nSPS) is 29.7. The third kappa shape index (κ3) is 3.26. The predicted octanol–water partition coefficient (Wildman–Crippen LogP) is 2.34. The van der Waals surface area contributed by atoms with E-state index in [0.717, 1.165) is 18.2 Å². The maximum atomic E-state index is 13.1. The van der Waals surface area contributed by atoms with Gasteiger partial charge in [-0.05, 0) is 37.8 Å². The molecule has 1 N–H and O–H groups in total. The van der Waals surface area contributed by atoms with E-state index in [0.29, 0.717) is 37.4 Å². The van der Waals surface area contributed by atoms with Gasteiger partial charge in [0, 0.05) is 24.0 Å². The highest BCUT2D eigenvalue weighted by Crippen LogP contribution is 2.38. The van der Waals surface area contributed by atoms with Crippen LogP contribution < -0.4 is 10.9 Å². The van der Waals surface area contributed by atoms with E-state index in [-0.39, 0.29) is 29.5 Å². The fourth-order valence-electron chi connectivity index (χ4n) is 4.85. The number of halogens is 1. The number of rotatable bonds is 1. The highest BCUT2D eigenvalue weighted by Gasteiger charge is 2.47. The van der Waals surface area contributed by atoms with Crippen LogP contribution in [0.4, 0.5) is 0 Å². The van der Waals surface area contributed by atoms with Gasteiger partial charge in [0.1, 0.15) is 11.1 Å². The van der Waals surface area contributed by atoms with Gasteiger partial charge in [-0.1, -0.05) is 18.2 Å². The fraction of sp³-hybridized carbons (Fsp3) is 0.500. The second-order valence-corrected chi connectivity index (χ2v) is 7.79. The van der Waals surface area contributed by atoms with Crippen LogP contribution in [0.5, 0.6) is 0 Å². The summed E-state index contributed by atoms with van der Waals surface area (Å²) in [5.74, 6) is -0.252. The van der Waals surface area contributed by atoms with Gasteiger partial charge in [0.05, 0.1) is 18.8 Å². The number of benzene rings is 1. The molecule has 3 aliphatic heterocycles. The van der Waals surface area contributed by atoms with Gasteiger partial charge in [-0.15, -0.1) is 12.4 Å². The van der Waals surface area contributed by atoms with Crippen molar-refractivity contribution in [2.75, 3.05) is 19.7 Å². The summed E-state index contributed by atoms with van der Waals surface area (Å²) in [6.07, 6.45) is 4.22. The van der Waals surface area contributed by atoms with Gasteiger partial charge in [-0.2, -0.15) is 0 Å². The van der Waals surface area contributed by atoms with Gasteiger partial charge in [0.2, 0.25) is 0 Å². The SMILES string of the molecule is Cl.O=C(c1cc2ccccc2oc1=O)N1CCOC2(C[C@H]3CC[C@@H](C2)N3)C1. The Hall–Kier alpha value is -1.89. The Morgan fingerprint density at radius 1 is 1.19 bits per heavy atom. The van der Waals surface area contributed by atoms with Crippen molar-refractivity contribution in [2.24, 2.45) is 0 Å². The average Bonchev–Trinajstić information content (AvgIpc) is 2.99. The number of carbonyl (C=O) groups excluding carboxylic acids is 1. The summed E-state index contributed by atoms with van der Waals surface area (Å²) in [6.45, 7) is 1.58. The first kappa shape index (κ1) is 18.5. The molecule has 3 aliphatic rings. The van der Waals surface area contributed by atoms with Gasteiger partial charge in [0.15, 0.2) is 0 Å². The first-order chi connectivity index (χ1) is 12.6. The van der Waals surface area contributed by atoms with Crippen LogP contribution >= 0.6 is 12.4 Å². The standard InChI is InChI=1S/C20H22N2O4.ClH/c23-18(16-9-13-3-1-2-4-17(13)26-19(16)24)22-7-8-25-20(12-22)10-14-5-6-15(11-20)21-14;/h1-4,9,14-15,21H,5-8,10-12H2;1H/t14-,15+,20?;. The minimum Gasteiger partial charge on any atom is -0.422 e. The molecule has 1 amide bonds. The van der Waals surface area contributed by atoms with E-state index in [1.54, 1.807) is 17.0 Å². The molecule has 0 saturated carbocycles. The van der Waals surface area contributed by atoms with Crippen LogP contribution in [0.3, 0.4) is 0 Å². The second-order valence-electron chi connectivity index (χ2n) is 7.79. The first-order valence-corrected chi connectivity index (χ1v) is 9.34.